The molecule has 2 aromatic rings. The Kier molecular flexibility index (Phi) is 6.12. The minimum absolute atomic E-state index is 0.511. The van der Waals surface area contributed by atoms with Crippen LogP contribution in [0.5, 0.6) is 0 Å². The smallest absolute Gasteiger partial charge is 0.268 e. The normalized spacial score (nSPS) is 13.0. The lowest BCUT2D eigenvalue weighted by Gasteiger charge is -2.21. The fourth-order valence-electron chi connectivity index (χ4n) is 2.44. The van der Waals surface area contributed by atoms with Gasteiger partial charge in [0.15, 0.2) is 0 Å². The monoisotopic (exact) mass is 326 g/mol. The first kappa shape index (κ1) is 17.7. The molecule has 0 aromatic heterocycles. The van der Waals surface area contributed by atoms with Gasteiger partial charge in [-0.15, -0.1) is 0 Å². The summed E-state index contributed by atoms with van der Waals surface area (Å²) in [7, 11) is 0. The summed E-state index contributed by atoms with van der Waals surface area (Å²) in [5.41, 5.74) is 5.42. The zero-order valence-corrected chi connectivity index (χ0v) is 13.6. The van der Waals surface area contributed by atoms with Gasteiger partial charge in [-0.1, -0.05) is 61.2 Å². The van der Waals surface area contributed by atoms with Crippen molar-refractivity contribution in [3.05, 3.63) is 72.4 Å². The third-order valence-corrected chi connectivity index (χ3v) is 3.71. The van der Waals surface area contributed by atoms with Crippen LogP contribution in [0.15, 0.2) is 66.9 Å². The van der Waals surface area contributed by atoms with E-state index in [1.807, 2.05) is 42.5 Å². The van der Waals surface area contributed by atoms with E-state index in [0.29, 0.717) is 12.1 Å². The maximum atomic E-state index is 11.5. The van der Waals surface area contributed by atoms with Crippen LogP contribution in [0.25, 0.3) is 11.1 Å². The number of carbonyl (C=O) groups excluding carboxylic acids is 1. The van der Waals surface area contributed by atoms with Crippen molar-refractivity contribution in [2.24, 2.45) is 0 Å². The molecule has 126 valence electrons. The summed E-state index contributed by atoms with van der Waals surface area (Å²) in [6, 6.07) is 17.2. The lowest BCUT2D eigenvalue weighted by atomic mass is 10.0. The SMILES string of the molecule is C=C(Cc1ccc(-c2ccccc2)cc1)N[C@H](C(=O)NO)[C@@H](C)O. The minimum Gasteiger partial charge on any atom is -0.391 e. The molecule has 0 aliphatic carbocycles. The van der Waals surface area contributed by atoms with E-state index in [9.17, 15) is 9.90 Å². The van der Waals surface area contributed by atoms with Crippen LogP contribution < -0.4 is 10.8 Å². The summed E-state index contributed by atoms with van der Waals surface area (Å²) in [6.07, 6.45) is -0.453. The van der Waals surface area contributed by atoms with Crippen LogP contribution in [0.3, 0.4) is 0 Å². The predicted octanol–water partition coefficient (Wildman–Crippen LogP) is 2.25. The maximum absolute atomic E-state index is 11.5. The fourth-order valence-corrected chi connectivity index (χ4v) is 2.44. The van der Waals surface area contributed by atoms with E-state index in [-0.39, 0.29) is 0 Å². The summed E-state index contributed by atoms with van der Waals surface area (Å²) >= 11 is 0. The molecule has 0 bridgehead atoms. The number of amides is 1. The number of rotatable bonds is 7. The molecule has 0 unspecified atom stereocenters. The number of hydrogen-bond acceptors (Lipinski definition) is 4. The van der Waals surface area contributed by atoms with Crippen molar-refractivity contribution in [3.63, 3.8) is 0 Å². The number of aliphatic hydroxyl groups is 1. The molecule has 1 amide bonds. The van der Waals surface area contributed by atoms with Gasteiger partial charge >= 0.3 is 0 Å². The van der Waals surface area contributed by atoms with Crippen LogP contribution in [-0.2, 0) is 11.2 Å². The van der Waals surface area contributed by atoms with Crippen molar-refractivity contribution in [3.8, 4) is 11.1 Å². The summed E-state index contributed by atoms with van der Waals surface area (Å²) < 4.78 is 0. The first-order valence-corrected chi connectivity index (χ1v) is 7.72. The molecule has 0 saturated heterocycles. The second-order valence-corrected chi connectivity index (χ2v) is 5.68. The van der Waals surface area contributed by atoms with E-state index in [4.69, 9.17) is 5.21 Å². The van der Waals surface area contributed by atoms with Gasteiger partial charge in [-0.3, -0.25) is 10.0 Å². The van der Waals surface area contributed by atoms with Gasteiger partial charge in [0.25, 0.3) is 5.91 Å². The zero-order valence-electron chi connectivity index (χ0n) is 13.6. The Hall–Kier alpha value is -2.63. The van der Waals surface area contributed by atoms with Crippen LogP contribution >= 0.6 is 0 Å². The standard InChI is InChI=1S/C19H22N2O3/c1-13(20-18(14(2)22)19(23)21-24)12-15-8-10-17(11-9-15)16-6-4-3-5-7-16/h3-11,14,18,20,22,24H,1,12H2,2H3,(H,21,23)/t14-,18+/m1/s1. The van der Waals surface area contributed by atoms with Crippen LogP contribution in [0.4, 0.5) is 0 Å². The van der Waals surface area contributed by atoms with Crippen LogP contribution in [0, 0.1) is 0 Å². The Bertz CT molecular complexity index is 682. The Morgan fingerprint density at radius 3 is 2.21 bits per heavy atom. The van der Waals surface area contributed by atoms with Crippen molar-refractivity contribution < 1.29 is 15.1 Å². The molecule has 5 nitrogen and oxygen atoms in total. The number of carbonyl (C=O) groups is 1. The van der Waals surface area contributed by atoms with E-state index < -0.39 is 18.1 Å². The molecule has 0 aliphatic rings. The van der Waals surface area contributed by atoms with E-state index in [2.05, 4.69) is 24.0 Å². The van der Waals surface area contributed by atoms with Crippen molar-refractivity contribution in [1.82, 2.24) is 10.8 Å². The topological polar surface area (TPSA) is 81.6 Å². The number of allylic oxidation sites excluding steroid dienone is 1. The quantitative estimate of drug-likeness (QED) is 0.465. The molecule has 0 heterocycles. The molecular weight excluding hydrogens is 304 g/mol. The van der Waals surface area contributed by atoms with Gasteiger partial charge in [0.2, 0.25) is 0 Å². The highest BCUT2D eigenvalue weighted by molar-refractivity contribution is 5.81. The zero-order chi connectivity index (χ0) is 17.5. The van der Waals surface area contributed by atoms with Crippen molar-refractivity contribution in [2.45, 2.75) is 25.5 Å². The van der Waals surface area contributed by atoms with Crippen LogP contribution in [0.1, 0.15) is 12.5 Å². The second kappa shape index (κ2) is 8.29. The van der Waals surface area contributed by atoms with Gasteiger partial charge in [0, 0.05) is 12.1 Å². The average Bonchev–Trinajstić information content (AvgIpc) is 2.60. The van der Waals surface area contributed by atoms with Gasteiger partial charge < -0.3 is 10.4 Å². The molecule has 0 saturated carbocycles. The highest BCUT2D eigenvalue weighted by Crippen LogP contribution is 2.20. The Morgan fingerprint density at radius 2 is 1.67 bits per heavy atom. The van der Waals surface area contributed by atoms with Gasteiger partial charge in [-0.2, -0.15) is 0 Å². The van der Waals surface area contributed by atoms with Crippen molar-refractivity contribution in [1.29, 1.82) is 0 Å². The molecule has 24 heavy (non-hydrogen) atoms. The third-order valence-electron chi connectivity index (χ3n) is 3.71. The van der Waals surface area contributed by atoms with E-state index in [1.54, 1.807) is 0 Å². The highest BCUT2D eigenvalue weighted by atomic mass is 16.5. The van der Waals surface area contributed by atoms with Gasteiger partial charge in [-0.25, -0.2) is 5.48 Å². The number of nitrogens with one attached hydrogen (secondary N) is 2. The molecular formula is C19H22N2O3. The summed E-state index contributed by atoms with van der Waals surface area (Å²) in [5.74, 6) is -0.703. The molecule has 5 heteroatoms. The predicted molar refractivity (Wildman–Crippen MR) is 93.3 cm³/mol. The summed E-state index contributed by atoms with van der Waals surface area (Å²) in [4.78, 5) is 11.5. The lowest BCUT2D eigenvalue weighted by Crippen LogP contribution is -2.49. The summed E-state index contributed by atoms with van der Waals surface area (Å²) in [6.45, 7) is 5.35. The largest absolute Gasteiger partial charge is 0.391 e. The Labute approximate surface area is 141 Å². The van der Waals surface area contributed by atoms with Crippen LogP contribution in [-0.4, -0.2) is 28.4 Å². The number of aliphatic hydroxyl groups excluding tert-OH is 1. The minimum atomic E-state index is -0.964. The van der Waals surface area contributed by atoms with Gasteiger partial charge in [0.05, 0.1) is 6.10 Å². The Morgan fingerprint density at radius 1 is 1.08 bits per heavy atom. The van der Waals surface area contributed by atoms with E-state index in [1.165, 1.54) is 12.4 Å². The van der Waals surface area contributed by atoms with Crippen molar-refractivity contribution in [2.75, 3.05) is 0 Å². The highest BCUT2D eigenvalue weighted by Gasteiger charge is 2.23. The molecule has 2 atom stereocenters. The molecule has 2 aromatic carbocycles. The number of hydrogen-bond donors (Lipinski definition) is 4. The first-order chi connectivity index (χ1) is 11.5. The Balaban J connectivity index is 2.00. The number of hydroxylamine groups is 1. The molecule has 0 spiro atoms. The van der Waals surface area contributed by atoms with E-state index in [0.717, 1.165) is 16.7 Å². The van der Waals surface area contributed by atoms with Gasteiger partial charge in [0.1, 0.15) is 6.04 Å². The average molecular weight is 326 g/mol. The molecule has 0 aliphatic heterocycles. The number of benzene rings is 2. The molecule has 4 N–H and O–H groups in total. The second-order valence-electron chi connectivity index (χ2n) is 5.68. The first-order valence-electron chi connectivity index (χ1n) is 7.72. The summed E-state index contributed by atoms with van der Waals surface area (Å²) in [5, 5.41) is 21.2. The van der Waals surface area contributed by atoms with Crippen LogP contribution in [0.2, 0.25) is 0 Å². The maximum Gasteiger partial charge on any atom is 0.268 e. The molecule has 2 rings (SSSR count). The van der Waals surface area contributed by atoms with E-state index >= 15 is 0 Å². The van der Waals surface area contributed by atoms with Gasteiger partial charge in [-0.05, 0) is 23.6 Å². The molecule has 0 fully saturated rings. The lowest BCUT2D eigenvalue weighted by molar-refractivity contribution is -0.133. The third kappa shape index (κ3) is 4.68. The van der Waals surface area contributed by atoms with Crippen molar-refractivity contribution >= 4 is 5.91 Å². The fraction of sp³-hybridized carbons (Fsp3) is 0.211. The molecule has 0 radical (unpaired) electrons.